The molecule has 0 aliphatic carbocycles. The van der Waals surface area contributed by atoms with Crippen LogP contribution in [0.1, 0.15) is 24.2 Å². The van der Waals surface area contributed by atoms with Crippen LogP contribution in [-0.2, 0) is 4.79 Å². The highest BCUT2D eigenvalue weighted by Crippen LogP contribution is 2.28. The SMILES string of the molecule is CCOc1cc(C(=O)N[C@H](C(=O)O)[C@@H](C)O)ccc1OC. The first-order chi connectivity index (χ1) is 9.90. The van der Waals surface area contributed by atoms with Crippen LogP contribution in [0.5, 0.6) is 11.5 Å². The minimum atomic E-state index is -1.38. The second-order valence-corrected chi connectivity index (χ2v) is 4.33. The van der Waals surface area contributed by atoms with E-state index in [-0.39, 0.29) is 5.56 Å². The molecule has 1 amide bonds. The van der Waals surface area contributed by atoms with Crippen LogP contribution in [0.15, 0.2) is 18.2 Å². The lowest BCUT2D eigenvalue weighted by atomic mass is 10.1. The molecule has 0 unspecified atom stereocenters. The Morgan fingerprint density at radius 3 is 2.48 bits per heavy atom. The number of carboxylic acid groups (broad SMARTS) is 1. The maximum Gasteiger partial charge on any atom is 0.328 e. The van der Waals surface area contributed by atoms with Gasteiger partial charge in [0.05, 0.1) is 19.8 Å². The van der Waals surface area contributed by atoms with E-state index in [2.05, 4.69) is 5.32 Å². The third-order valence-electron chi connectivity index (χ3n) is 2.76. The number of carboxylic acids is 1. The average molecular weight is 297 g/mol. The van der Waals surface area contributed by atoms with Gasteiger partial charge in [0.25, 0.3) is 5.91 Å². The van der Waals surface area contributed by atoms with Crippen LogP contribution in [0.25, 0.3) is 0 Å². The Morgan fingerprint density at radius 2 is 2.00 bits per heavy atom. The van der Waals surface area contributed by atoms with Crippen molar-refractivity contribution in [3.05, 3.63) is 23.8 Å². The summed E-state index contributed by atoms with van der Waals surface area (Å²) < 4.78 is 10.4. The second kappa shape index (κ2) is 7.49. The number of aliphatic hydroxyl groups excluding tert-OH is 1. The highest BCUT2D eigenvalue weighted by Gasteiger charge is 2.25. The number of carbonyl (C=O) groups excluding carboxylic acids is 1. The quantitative estimate of drug-likeness (QED) is 0.683. The van der Waals surface area contributed by atoms with Crippen molar-refractivity contribution < 1.29 is 29.3 Å². The summed E-state index contributed by atoms with van der Waals surface area (Å²) in [5.41, 5.74) is 0.214. The lowest BCUT2D eigenvalue weighted by Crippen LogP contribution is -2.47. The first-order valence-corrected chi connectivity index (χ1v) is 6.43. The molecule has 1 rings (SSSR count). The van der Waals surface area contributed by atoms with Gasteiger partial charge < -0.3 is 25.0 Å². The Bertz CT molecular complexity index is 514. The molecule has 0 aromatic heterocycles. The summed E-state index contributed by atoms with van der Waals surface area (Å²) in [6.45, 7) is 3.48. The van der Waals surface area contributed by atoms with Crippen LogP contribution in [0.4, 0.5) is 0 Å². The summed E-state index contributed by atoms with van der Waals surface area (Å²) >= 11 is 0. The third kappa shape index (κ3) is 4.35. The van der Waals surface area contributed by atoms with Gasteiger partial charge in [-0.1, -0.05) is 0 Å². The first kappa shape index (κ1) is 16.8. The molecule has 3 N–H and O–H groups in total. The van der Waals surface area contributed by atoms with Crippen LogP contribution >= 0.6 is 0 Å². The largest absolute Gasteiger partial charge is 0.493 e. The van der Waals surface area contributed by atoms with Crippen LogP contribution < -0.4 is 14.8 Å². The fourth-order valence-corrected chi connectivity index (χ4v) is 1.70. The molecule has 116 valence electrons. The summed E-state index contributed by atoms with van der Waals surface area (Å²) in [7, 11) is 1.48. The van der Waals surface area contributed by atoms with Crippen molar-refractivity contribution in [2.75, 3.05) is 13.7 Å². The Labute approximate surface area is 122 Å². The van der Waals surface area contributed by atoms with Crippen LogP contribution in [0.3, 0.4) is 0 Å². The third-order valence-corrected chi connectivity index (χ3v) is 2.76. The molecule has 7 heteroatoms. The van der Waals surface area contributed by atoms with Gasteiger partial charge in [-0.15, -0.1) is 0 Å². The Balaban J connectivity index is 2.96. The smallest absolute Gasteiger partial charge is 0.328 e. The van der Waals surface area contributed by atoms with Gasteiger partial charge in [-0.2, -0.15) is 0 Å². The summed E-state index contributed by atoms with van der Waals surface area (Å²) in [6, 6.07) is 3.11. The van der Waals surface area contributed by atoms with Crippen molar-refractivity contribution in [3.8, 4) is 11.5 Å². The number of rotatable bonds is 7. The van der Waals surface area contributed by atoms with E-state index in [4.69, 9.17) is 14.6 Å². The number of hydrogen-bond acceptors (Lipinski definition) is 5. The zero-order valence-corrected chi connectivity index (χ0v) is 12.1. The topological polar surface area (TPSA) is 105 Å². The van der Waals surface area contributed by atoms with Crippen LogP contribution in [0, 0.1) is 0 Å². The van der Waals surface area contributed by atoms with Crippen molar-refractivity contribution >= 4 is 11.9 Å². The van der Waals surface area contributed by atoms with Crippen LogP contribution in [-0.4, -0.2) is 48.0 Å². The molecular formula is C14H19NO6. The number of ether oxygens (including phenoxy) is 2. The number of benzene rings is 1. The molecular weight excluding hydrogens is 278 g/mol. The molecule has 0 heterocycles. The van der Waals surface area contributed by atoms with E-state index in [0.29, 0.717) is 18.1 Å². The molecule has 0 saturated carbocycles. The van der Waals surface area contributed by atoms with Gasteiger partial charge in [0.1, 0.15) is 0 Å². The molecule has 0 saturated heterocycles. The van der Waals surface area contributed by atoms with Crippen molar-refractivity contribution in [3.63, 3.8) is 0 Å². The lowest BCUT2D eigenvalue weighted by molar-refractivity contribution is -0.141. The van der Waals surface area contributed by atoms with Crippen molar-refractivity contribution in [1.29, 1.82) is 0 Å². The molecule has 1 aromatic carbocycles. The number of hydrogen-bond donors (Lipinski definition) is 3. The number of carbonyl (C=O) groups is 2. The minimum absolute atomic E-state index is 0.214. The highest BCUT2D eigenvalue weighted by molar-refractivity contribution is 5.97. The van der Waals surface area contributed by atoms with E-state index < -0.39 is 24.0 Å². The maximum absolute atomic E-state index is 12.0. The zero-order valence-electron chi connectivity index (χ0n) is 12.1. The summed E-state index contributed by atoms with van der Waals surface area (Å²) in [4.78, 5) is 23.0. The van der Waals surface area contributed by atoms with E-state index in [1.807, 2.05) is 0 Å². The van der Waals surface area contributed by atoms with Crippen LogP contribution in [0.2, 0.25) is 0 Å². The number of methoxy groups -OCH3 is 1. The summed E-state index contributed by atoms with van der Waals surface area (Å²) in [6.07, 6.45) is -1.21. The number of aliphatic carboxylic acids is 1. The van der Waals surface area contributed by atoms with Gasteiger partial charge in [0.15, 0.2) is 17.5 Å². The normalized spacial score (nSPS) is 13.1. The molecule has 0 aliphatic heterocycles. The maximum atomic E-state index is 12.0. The fourth-order valence-electron chi connectivity index (χ4n) is 1.70. The van der Waals surface area contributed by atoms with Gasteiger partial charge >= 0.3 is 5.97 Å². The van der Waals surface area contributed by atoms with Crippen molar-refractivity contribution in [2.45, 2.75) is 26.0 Å². The van der Waals surface area contributed by atoms with Crippen molar-refractivity contribution in [1.82, 2.24) is 5.32 Å². The number of nitrogens with one attached hydrogen (secondary N) is 1. The van der Waals surface area contributed by atoms with E-state index in [1.165, 1.54) is 26.2 Å². The highest BCUT2D eigenvalue weighted by atomic mass is 16.5. The van der Waals surface area contributed by atoms with Gasteiger partial charge in [0, 0.05) is 5.56 Å². The minimum Gasteiger partial charge on any atom is -0.493 e. The first-order valence-electron chi connectivity index (χ1n) is 6.43. The van der Waals surface area contributed by atoms with E-state index in [1.54, 1.807) is 13.0 Å². The Kier molecular flexibility index (Phi) is 5.98. The van der Waals surface area contributed by atoms with Gasteiger partial charge in [-0.25, -0.2) is 4.79 Å². The Morgan fingerprint density at radius 1 is 1.33 bits per heavy atom. The van der Waals surface area contributed by atoms with Gasteiger partial charge in [0.2, 0.25) is 0 Å². The Hall–Kier alpha value is -2.28. The molecule has 0 bridgehead atoms. The summed E-state index contributed by atoms with van der Waals surface area (Å²) in [5, 5.41) is 20.6. The fraction of sp³-hybridized carbons (Fsp3) is 0.429. The number of aliphatic hydroxyl groups is 1. The second-order valence-electron chi connectivity index (χ2n) is 4.33. The molecule has 0 aliphatic rings. The molecule has 0 spiro atoms. The van der Waals surface area contributed by atoms with Gasteiger partial charge in [-0.05, 0) is 32.0 Å². The lowest BCUT2D eigenvalue weighted by Gasteiger charge is -2.17. The van der Waals surface area contributed by atoms with E-state index in [9.17, 15) is 14.7 Å². The number of amides is 1. The molecule has 0 radical (unpaired) electrons. The molecule has 2 atom stereocenters. The standard InChI is InChI=1S/C14H19NO6/c1-4-21-11-7-9(5-6-10(11)20-3)13(17)15-12(8(2)16)14(18)19/h5-8,12,16H,4H2,1-3H3,(H,15,17)(H,18,19)/t8-,12+/m1/s1. The molecule has 21 heavy (non-hydrogen) atoms. The average Bonchev–Trinajstić information content (AvgIpc) is 2.44. The monoisotopic (exact) mass is 297 g/mol. The van der Waals surface area contributed by atoms with Crippen molar-refractivity contribution in [2.24, 2.45) is 0 Å². The molecule has 7 nitrogen and oxygen atoms in total. The summed E-state index contributed by atoms with van der Waals surface area (Å²) in [5.74, 6) is -1.07. The molecule has 1 aromatic rings. The predicted molar refractivity (Wildman–Crippen MR) is 74.7 cm³/mol. The van der Waals surface area contributed by atoms with E-state index in [0.717, 1.165) is 0 Å². The van der Waals surface area contributed by atoms with E-state index >= 15 is 0 Å². The predicted octanol–water partition coefficient (Wildman–Crippen LogP) is 0.658. The molecule has 0 fully saturated rings. The zero-order chi connectivity index (χ0) is 16.0. The van der Waals surface area contributed by atoms with Gasteiger partial charge in [-0.3, -0.25) is 4.79 Å².